The van der Waals surface area contributed by atoms with E-state index in [1.807, 2.05) is 16.7 Å². The molecule has 0 aromatic heterocycles. The van der Waals surface area contributed by atoms with Gasteiger partial charge in [0.1, 0.15) is 0 Å². The Balaban J connectivity index is 1.79. The highest BCUT2D eigenvalue weighted by Crippen LogP contribution is 2.33. The molecule has 3 N–H and O–H groups in total. The average molecular weight is 341 g/mol. The maximum absolute atomic E-state index is 12.5. The van der Waals surface area contributed by atoms with Gasteiger partial charge in [-0.25, -0.2) is 4.79 Å². The minimum absolute atomic E-state index is 0.0503. The zero-order valence-electron chi connectivity index (χ0n) is 14.8. The van der Waals surface area contributed by atoms with Crippen molar-refractivity contribution in [3.8, 4) is 0 Å². The van der Waals surface area contributed by atoms with E-state index in [2.05, 4.69) is 12.2 Å². The van der Waals surface area contributed by atoms with E-state index in [-0.39, 0.29) is 36.7 Å². The molecule has 138 valence electrons. The summed E-state index contributed by atoms with van der Waals surface area (Å²) in [5, 5.41) is 21.7. The summed E-state index contributed by atoms with van der Waals surface area (Å²) in [7, 11) is 0. The fraction of sp³-hybridized carbons (Fsp3) is 0.882. The van der Waals surface area contributed by atoms with Gasteiger partial charge in [-0.1, -0.05) is 13.8 Å². The number of carboxylic acid groups (broad SMARTS) is 1. The van der Waals surface area contributed by atoms with Crippen LogP contribution in [0.25, 0.3) is 0 Å². The monoisotopic (exact) mass is 341 g/mol. The second-order valence-corrected chi connectivity index (χ2v) is 7.27. The van der Waals surface area contributed by atoms with Gasteiger partial charge in [-0.2, -0.15) is 0 Å². The van der Waals surface area contributed by atoms with Crippen molar-refractivity contribution in [3.63, 3.8) is 0 Å². The molecular formula is C17H31N3O4. The second kappa shape index (κ2) is 8.16. The number of urea groups is 1. The van der Waals surface area contributed by atoms with Crippen molar-refractivity contribution >= 4 is 12.0 Å². The van der Waals surface area contributed by atoms with Crippen LogP contribution in [0.3, 0.4) is 0 Å². The molecule has 2 aliphatic rings. The summed E-state index contributed by atoms with van der Waals surface area (Å²) < 4.78 is 0. The molecule has 2 fully saturated rings. The van der Waals surface area contributed by atoms with Crippen LogP contribution >= 0.6 is 0 Å². The standard InChI is InChI=1S/C17H31N3O4/c1-3-17(12-21)6-5-7-20(11-17)16(24)18-13-8-14(9-13)19(4-2)10-15(22)23/h13-14,21H,3-12H2,1-2H3,(H,18,24)(H,22,23). The fourth-order valence-corrected chi connectivity index (χ4v) is 3.85. The summed E-state index contributed by atoms with van der Waals surface area (Å²) >= 11 is 0. The van der Waals surface area contributed by atoms with Crippen LogP contribution in [-0.2, 0) is 4.79 Å². The van der Waals surface area contributed by atoms with Crippen LogP contribution in [0.4, 0.5) is 4.79 Å². The van der Waals surface area contributed by atoms with Crippen molar-refractivity contribution in [2.24, 2.45) is 5.41 Å². The Morgan fingerprint density at radius 1 is 1.33 bits per heavy atom. The number of aliphatic hydroxyl groups excluding tert-OH is 1. The second-order valence-electron chi connectivity index (χ2n) is 7.27. The van der Waals surface area contributed by atoms with Gasteiger partial charge >= 0.3 is 12.0 Å². The molecule has 0 aromatic rings. The zero-order valence-corrected chi connectivity index (χ0v) is 14.8. The number of aliphatic carboxylic acids is 1. The van der Waals surface area contributed by atoms with Crippen LogP contribution in [0.15, 0.2) is 0 Å². The predicted octanol–water partition coefficient (Wildman–Crippen LogP) is 1.12. The molecule has 1 aliphatic heterocycles. The van der Waals surface area contributed by atoms with Gasteiger partial charge in [-0.3, -0.25) is 9.69 Å². The molecule has 0 spiro atoms. The van der Waals surface area contributed by atoms with E-state index in [9.17, 15) is 14.7 Å². The van der Waals surface area contributed by atoms with Gasteiger partial charge in [0.05, 0.1) is 13.2 Å². The maximum atomic E-state index is 12.5. The van der Waals surface area contributed by atoms with E-state index in [0.29, 0.717) is 13.1 Å². The van der Waals surface area contributed by atoms with Gasteiger partial charge in [-0.15, -0.1) is 0 Å². The molecule has 0 bridgehead atoms. The first-order valence-corrected chi connectivity index (χ1v) is 9.05. The Bertz CT molecular complexity index is 447. The fourth-order valence-electron chi connectivity index (χ4n) is 3.85. The Hall–Kier alpha value is -1.34. The van der Waals surface area contributed by atoms with Crippen molar-refractivity contribution < 1.29 is 19.8 Å². The minimum Gasteiger partial charge on any atom is -0.480 e. The number of hydrogen-bond acceptors (Lipinski definition) is 4. The Morgan fingerprint density at radius 2 is 2.04 bits per heavy atom. The third kappa shape index (κ3) is 4.39. The molecule has 2 amide bonds. The number of aliphatic hydroxyl groups is 1. The molecule has 2 rings (SSSR count). The SMILES string of the molecule is CCN(CC(=O)O)C1CC(NC(=O)N2CCCC(CC)(CO)C2)C1. The lowest BCUT2D eigenvalue weighted by molar-refractivity contribution is -0.139. The van der Waals surface area contributed by atoms with Gasteiger partial charge in [0.25, 0.3) is 0 Å². The number of carbonyl (C=O) groups is 2. The number of carboxylic acids is 1. The molecular weight excluding hydrogens is 310 g/mol. The first-order chi connectivity index (χ1) is 11.4. The number of nitrogens with one attached hydrogen (secondary N) is 1. The molecule has 1 saturated heterocycles. The summed E-state index contributed by atoms with van der Waals surface area (Å²) in [6.45, 7) is 6.27. The van der Waals surface area contributed by atoms with Gasteiger partial charge < -0.3 is 20.4 Å². The molecule has 1 heterocycles. The van der Waals surface area contributed by atoms with Crippen molar-refractivity contribution in [1.29, 1.82) is 0 Å². The van der Waals surface area contributed by atoms with Crippen LogP contribution in [-0.4, -0.2) is 76.9 Å². The maximum Gasteiger partial charge on any atom is 0.317 e. The number of amides is 2. The molecule has 24 heavy (non-hydrogen) atoms. The minimum atomic E-state index is -0.808. The van der Waals surface area contributed by atoms with Gasteiger partial charge in [0.2, 0.25) is 0 Å². The topological polar surface area (TPSA) is 93.1 Å². The number of likely N-dealkylation sites (tertiary alicyclic amines) is 1. The van der Waals surface area contributed by atoms with Crippen LogP contribution in [0.1, 0.15) is 46.0 Å². The summed E-state index contributed by atoms with van der Waals surface area (Å²) in [4.78, 5) is 27.1. The van der Waals surface area contributed by atoms with E-state index in [1.54, 1.807) is 0 Å². The lowest BCUT2D eigenvalue weighted by Gasteiger charge is -2.45. The smallest absolute Gasteiger partial charge is 0.317 e. The largest absolute Gasteiger partial charge is 0.480 e. The average Bonchev–Trinajstić information content (AvgIpc) is 2.55. The van der Waals surface area contributed by atoms with Gasteiger partial charge in [-0.05, 0) is 38.6 Å². The number of hydrogen-bond donors (Lipinski definition) is 3. The summed E-state index contributed by atoms with van der Waals surface area (Å²) in [6, 6.07) is 0.313. The van der Waals surface area contributed by atoms with Crippen LogP contribution in [0.5, 0.6) is 0 Å². The van der Waals surface area contributed by atoms with E-state index in [0.717, 1.165) is 38.6 Å². The van der Waals surface area contributed by atoms with Gasteiger partial charge in [0, 0.05) is 30.6 Å². The lowest BCUT2D eigenvalue weighted by Crippen LogP contribution is -2.58. The van der Waals surface area contributed by atoms with Crippen molar-refractivity contribution in [2.75, 3.05) is 32.8 Å². The van der Waals surface area contributed by atoms with Gasteiger partial charge in [0.15, 0.2) is 0 Å². The molecule has 1 atom stereocenters. The van der Waals surface area contributed by atoms with Crippen LogP contribution in [0.2, 0.25) is 0 Å². The van der Waals surface area contributed by atoms with Crippen LogP contribution < -0.4 is 5.32 Å². The normalized spacial score (nSPS) is 30.1. The first-order valence-electron chi connectivity index (χ1n) is 9.05. The molecule has 7 nitrogen and oxygen atoms in total. The highest BCUT2D eigenvalue weighted by atomic mass is 16.4. The number of rotatable bonds is 7. The Labute approximate surface area is 144 Å². The number of likely N-dealkylation sites (N-methyl/N-ethyl adjacent to an activating group) is 1. The van der Waals surface area contributed by atoms with E-state index in [4.69, 9.17) is 5.11 Å². The molecule has 1 aliphatic carbocycles. The molecule has 0 aromatic carbocycles. The molecule has 0 radical (unpaired) electrons. The lowest BCUT2D eigenvalue weighted by atomic mass is 9.78. The summed E-state index contributed by atoms with van der Waals surface area (Å²) in [6.07, 6.45) is 4.38. The Morgan fingerprint density at radius 3 is 2.58 bits per heavy atom. The quantitative estimate of drug-likeness (QED) is 0.645. The molecule has 1 unspecified atom stereocenters. The third-order valence-electron chi connectivity index (χ3n) is 5.74. The first kappa shape index (κ1) is 19.0. The van der Waals surface area contributed by atoms with Crippen molar-refractivity contribution in [3.05, 3.63) is 0 Å². The number of nitrogens with zero attached hydrogens (tertiary/aromatic N) is 2. The summed E-state index contributed by atoms with van der Waals surface area (Å²) in [5.41, 5.74) is -0.155. The number of piperidine rings is 1. The number of carbonyl (C=O) groups excluding carboxylic acids is 1. The molecule has 1 saturated carbocycles. The predicted molar refractivity (Wildman–Crippen MR) is 90.8 cm³/mol. The third-order valence-corrected chi connectivity index (χ3v) is 5.74. The Kier molecular flexibility index (Phi) is 6.46. The van der Waals surface area contributed by atoms with E-state index in [1.165, 1.54) is 0 Å². The highest BCUT2D eigenvalue weighted by Gasteiger charge is 2.38. The molecule has 7 heteroatoms. The summed E-state index contributed by atoms with van der Waals surface area (Å²) in [5.74, 6) is -0.808. The van der Waals surface area contributed by atoms with E-state index >= 15 is 0 Å². The zero-order chi connectivity index (χ0) is 17.7. The highest BCUT2D eigenvalue weighted by molar-refractivity contribution is 5.75. The van der Waals surface area contributed by atoms with Crippen molar-refractivity contribution in [1.82, 2.24) is 15.1 Å². The van der Waals surface area contributed by atoms with E-state index < -0.39 is 5.97 Å². The van der Waals surface area contributed by atoms with Crippen molar-refractivity contribution in [2.45, 2.75) is 58.0 Å². The van der Waals surface area contributed by atoms with Crippen LogP contribution in [0, 0.1) is 5.41 Å².